The standard InChI is InChI=1S/C17H19NO/c1-2-4-15-9-17(8-7-14(15)3-1)19-12-16-11-18(16)10-13-5-6-13/h1-4,7-9,13,16H,5-6,10-12H2. The van der Waals surface area contributed by atoms with Crippen molar-refractivity contribution >= 4 is 10.8 Å². The maximum Gasteiger partial charge on any atom is 0.120 e. The summed E-state index contributed by atoms with van der Waals surface area (Å²) in [4.78, 5) is 2.54. The molecule has 1 saturated heterocycles. The Balaban J connectivity index is 1.36. The van der Waals surface area contributed by atoms with Crippen LogP contribution in [0.1, 0.15) is 12.8 Å². The van der Waals surface area contributed by atoms with Crippen LogP contribution in [0.4, 0.5) is 0 Å². The number of ether oxygens (including phenoxy) is 1. The molecule has 1 saturated carbocycles. The first-order valence-corrected chi connectivity index (χ1v) is 7.24. The van der Waals surface area contributed by atoms with Gasteiger partial charge >= 0.3 is 0 Å². The van der Waals surface area contributed by atoms with Gasteiger partial charge < -0.3 is 4.74 Å². The van der Waals surface area contributed by atoms with Crippen LogP contribution < -0.4 is 4.74 Å². The van der Waals surface area contributed by atoms with Crippen LogP contribution in [0, 0.1) is 5.92 Å². The number of hydrogen-bond acceptors (Lipinski definition) is 2. The molecule has 2 atom stereocenters. The molecule has 1 aliphatic heterocycles. The second-order valence-corrected chi connectivity index (χ2v) is 5.87. The highest BCUT2D eigenvalue weighted by Crippen LogP contribution is 2.33. The van der Waals surface area contributed by atoms with Crippen molar-refractivity contribution in [3.63, 3.8) is 0 Å². The highest BCUT2D eigenvalue weighted by atomic mass is 16.5. The van der Waals surface area contributed by atoms with Gasteiger partial charge in [0.1, 0.15) is 12.4 Å². The fourth-order valence-electron chi connectivity index (χ4n) is 2.69. The lowest BCUT2D eigenvalue weighted by Crippen LogP contribution is -2.12. The largest absolute Gasteiger partial charge is 0.492 e. The van der Waals surface area contributed by atoms with Crippen LogP contribution in [0.2, 0.25) is 0 Å². The van der Waals surface area contributed by atoms with E-state index in [1.807, 2.05) is 0 Å². The Hall–Kier alpha value is -1.54. The third-order valence-corrected chi connectivity index (χ3v) is 4.18. The minimum absolute atomic E-state index is 0.659. The van der Waals surface area contributed by atoms with E-state index in [1.54, 1.807) is 0 Å². The van der Waals surface area contributed by atoms with Gasteiger partial charge in [0.2, 0.25) is 0 Å². The zero-order chi connectivity index (χ0) is 12.7. The Morgan fingerprint density at radius 3 is 2.74 bits per heavy atom. The minimum atomic E-state index is 0.659. The molecule has 2 heteroatoms. The van der Waals surface area contributed by atoms with Crippen molar-refractivity contribution in [2.24, 2.45) is 5.92 Å². The van der Waals surface area contributed by atoms with Crippen molar-refractivity contribution in [1.29, 1.82) is 0 Å². The van der Waals surface area contributed by atoms with Crippen LogP contribution in [0.25, 0.3) is 10.8 Å². The van der Waals surface area contributed by atoms with Gasteiger partial charge in [0.05, 0.1) is 6.04 Å². The zero-order valence-electron chi connectivity index (χ0n) is 11.1. The first kappa shape index (κ1) is 11.3. The van der Waals surface area contributed by atoms with Gasteiger partial charge in [-0.25, -0.2) is 0 Å². The van der Waals surface area contributed by atoms with Gasteiger partial charge in [-0.2, -0.15) is 0 Å². The lowest BCUT2D eigenvalue weighted by Gasteiger charge is -2.07. The Labute approximate surface area is 114 Å². The number of nitrogens with zero attached hydrogens (tertiary/aromatic N) is 1. The fraction of sp³-hybridized carbons (Fsp3) is 0.412. The van der Waals surface area contributed by atoms with E-state index in [1.165, 1.54) is 36.7 Å². The molecule has 0 aromatic heterocycles. The molecule has 2 fully saturated rings. The summed E-state index contributed by atoms with van der Waals surface area (Å²) in [6.07, 6.45) is 2.88. The van der Waals surface area contributed by atoms with E-state index >= 15 is 0 Å². The average Bonchev–Trinajstić information content (AvgIpc) is 3.35. The van der Waals surface area contributed by atoms with E-state index in [4.69, 9.17) is 4.74 Å². The maximum atomic E-state index is 5.93. The molecule has 0 spiro atoms. The van der Waals surface area contributed by atoms with Gasteiger partial charge in [0.25, 0.3) is 0 Å². The molecule has 98 valence electrons. The number of hydrogen-bond donors (Lipinski definition) is 0. The summed E-state index contributed by atoms with van der Waals surface area (Å²) >= 11 is 0. The second-order valence-electron chi connectivity index (χ2n) is 5.87. The van der Waals surface area contributed by atoms with Gasteiger partial charge in [-0.15, -0.1) is 0 Å². The topological polar surface area (TPSA) is 12.2 Å². The molecule has 1 heterocycles. The Kier molecular flexibility index (Phi) is 2.70. The van der Waals surface area contributed by atoms with E-state index in [2.05, 4.69) is 47.4 Å². The van der Waals surface area contributed by atoms with E-state index in [-0.39, 0.29) is 0 Å². The van der Waals surface area contributed by atoms with Gasteiger partial charge in [-0.05, 0) is 41.7 Å². The van der Waals surface area contributed by atoms with Crippen LogP contribution in [0.15, 0.2) is 42.5 Å². The molecule has 2 aromatic carbocycles. The van der Waals surface area contributed by atoms with E-state index in [9.17, 15) is 0 Å². The molecule has 4 rings (SSSR count). The van der Waals surface area contributed by atoms with Crippen LogP contribution in [-0.4, -0.2) is 30.6 Å². The second kappa shape index (κ2) is 4.53. The molecule has 0 amide bonds. The van der Waals surface area contributed by atoms with Crippen molar-refractivity contribution in [1.82, 2.24) is 4.90 Å². The zero-order valence-corrected chi connectivity index (χ0v) is 11.1. The third-order valence-electron chi connectivity index (χ3n) is 4.18. The summed E-state index contributed by atoms with van der Waals surface area (Å²) in [5, 5.41) is 2.53. The molecule has 2 aliphatic rings. The van der Waals surface area contributed by atoms with Crippen molar-refractivity contribution in [2.45, 2.75) is 18.9 Å². The molecule has 2 aromatic rings. The normalized spacial score (nSPS) is 25.5. The molecule has 1 aliphatic carbocycles. The van der Waals surface area contributed by atoms with Gasteiger partial charge in [0.15, 0.2) is 0 Å². The summed E-state index contributed by atoms with van der Waals surface area (Å²) in [5.41, 5.74) is 0. The summed E-state index contributed by atoms with van der Waals surface area (Å²) in [5.74, 6) is 1.99. The average molecular weight is 253 g/mol. The fourth-order valence-corrected chi connectivity index (χ4v) is 2.69. The quantitative estimate of drug-likeness (QED) is 0.758. The Bertz CT molecular complexity index is 591. The Morgan fingerprint density at radius 1 is 1.05 bits per heavy atom. The molecular weight excluding hydrogens is 234 g/mol. The third kappa shape index (κ3) is 2.59. The van der Waals surface area contributed by atoms with Gasteiger partial charge in [-0.1, -0.05) is 30.3 Å². The highest BCUT2D eigenvalue weighted by Gasteiger charge is 2.38. The Morgan fingerprint density at radius 2 is 1.89 bits per heavy atom. The molecule has 0 N–H and O–H groups in total. The predicted molar refractivity (Wildman–Crippen MR) is 77.5 cm³/mol. The maximum absolute atomic E-state index is 5.93. The summed E-state index contributed by atoms with van der Waals surface area (Å²) in [6, 6.07) is 15.4. The summed E-state index contributed by atoms with van der Waals surface area (Å²) < 4.78 is 5.93. The molecular formula is C17H19NO. The minimum Gasteiger partial charge on any atom is -0.492 e. The SMILES string of the molecule is c1ccc2cc(OCC3CN3CC3CC3)ccc2c1. The number of fused-ring (bicyclic) bond motifs is 1. The lowest BCUT2D eigenvalue weighted by molar-refractivity contribution is 0.292. The van der Waals surface area contributed by atoms with Crippen LogP contribution in [0.3, 0.4) is 0 Å². The van der Waals surface area contributed by atoms with Crippen molar-refractivity contribution < 1.29 is 4.74 Å². The van der Waals surface area contributed by atoms with Crippen molar-refractivity contribution in [3.05, 3.63) is 42.5 Å². The predicted octanol–water partition coefficient (Wildman–Crippen LogP) is 3.31. The summed E-state index contributed by atoms with van der Waals surface area (Å²) in [7, 11) is 0. The molecule has 0 bridgehead atoms. The van der Waals surface area contributed by atoms with E-state index < -0.39 is 0 Å². The van der Waals surface area contributed by atoms with Gasteiger partial charge in [0, 0.05) is 13.1 Å². The summed E-state index contributed by atoms with van der Waals surface area (Å²) in [6.45, 7) is 3.36. The van der Waals surface area contributed by atoms with Crippen LogP contribution in [-0.2, 0) is 0 Å². The molecule has 0 radical (unpaired) electrons. The van der Waals surface area contributed by atoms with E-state index in [0.29, 0.717) is 6.04 Å². The first-order chi connectivity index (χ1) is 9.38. The van der Waals surface area contributed by atoms with Crippen molar-refractivity contribution in [3.8, 4) is 5.75 Å². The highest BCUT2D eigenvalue weighted by molar-refractivity contribution is 5.83. The monoisotopic (exact) mass is 253 g/mol. The van der Waals surface area contributed by atoms with Crippen LogP contribution >= 0.6 is 0 Å². The molecule has 2 unspecified atom stereocenters. The molecule has 2 nitrogen and oxygen atoms in total. The smallest absolute Gasteiger partial charge is 0.120 e. The first-order valence-electron chi connectivity index (χ1n) is 7.24. The van der Waals surface area contributed by atoms with Gasteiger partial charge in [-0.3, -0.25) is 4.90 Å². The van der Waals surface area contributed by atoms with Crippen molar-refractivity contribution in [2.75, 3.05) is 19.7 Å². The molecule has 19 heavy (non-hydrogen) atoms. The number of rotatable bonds is 5. The van der Waals surface area contributed by atoms with E-state index in [0.717, 1.165) is 18.3 Å². The number of benzene rings is 2. The lowest BCUT2D eigenvalue weighted by atomic mass is 10.1. The van der Waals surface area contributed by atoms with Crippen LogP contribution in [0.5, 0.6) is 5.75 Å².